The second-order valence-electron chi connectivity index (χ2n) is 5.59. The molecule has 0 radical (unpaired) electrons. The Morgan fingerprint density at radius 1 is 1.21 bits per heavy atom. The maximum Gasteiger partial charge on any atom is 0.319 e. The molecule has 0 saturated carbocycles. The summed E-state index contributed by atoms with van der Waals surface area (Å²) in [6, 6.07) is 10.1. The van der Waals surface area contributed by atoms with Gasteiger partial charge >= 0.3 is 6.03 Å². The number of ether oxygens (including phenoxy) is 1. The summed E-state index contributed by atoms with van der Waals surface area (Å²) in [5, 5.41) is 14.6. The molecule has 2 amide bonds. The summed E-state index contributed by atoms with van der Waals surface area (Å²) in [4.78, 5) is 16.2. The molecule has 24 heavy (non-hydrogen) atoms. The number of hydrogen-bond acceptors (Lipinski definition) is 4. The zero-order valence-electron chi connectivity index (χ0n) is 13.9. The van der Waals surface area contributed by atoms with Gasteiger partial charge in [0.2, 0.25) is 0 Å². The van der Waals surface area contributed by atoms with E-state index in [-0.39, 0.29) is 18.2 Å². The maximum atomic E-state index is 12.3. The quantitative estimate of drug-likeness (QED) is 0.879. The maximum absolute atomic E-state index is 12.3. The lowest BCUT2D eigenvalue weighted by Gasteiger charge is -2.18. The van der Waals surface area contributed by atoms with Crippen molar-refractivity contribution in [2.75, 3.05) is 5.32 Å². The highest BCUT2D eigenvalue weighted by Crippen LogP contribution is 2.27. The number of pyridine rings is 1. The number of nitrogens with one attached hydrogen (secondary N) is 2. The van der Waals surface area contributed by atoms with Crippen LogP contribution in [-0.2, 0) is 0 Å². The Morgan fingerprint density at radius 3 is 2.54 bits per heavy atom. The molecule has 1 heterocycles. The van der Waals surface area contributed by atoms with Crippen LogP contribution in [0.5, 0.6) is 5.75 Å². The first-order valence-electron chi connectivity index (χ1n) is 7.68. The van der Waals surface area contributed by atoms with Gasteiger partial charge in [0, 0.05) is 12.4 Å². The molecule has 1 unspecified atom stereocenters. The fourth-order valence-corrected chi connectivity index (χ4v) is 2.14. The van der Waals surface area contributed by atoms with Gasteiger partial charge in [-0.2, -0.15) is 5.26 Å². The molecule has 1 aromatic carbocycles. The highest BCUT2D eigenvalue weighted by atomic mass is 16.5. The van der Waals surface area contributed by atoms with Crippen LogP contribution in [0, 0.1) is 11.3 Å². The number of aromatic nitrogens is 1. The van der Waals surface area contributed by atoms with Crippen LogP contribution in [0.2, 0.25) is 0 Å². The van der Waals surface area contributed by atoms with Crippen molar-refractivity contribution in [1.82, 2.24) is 10.3 Å². The van der Waals surface area contributed by atoms with Gasteiger partial charge in [0.15, 0.2) is 0 Å². The Bertz CT molecular complexity index is 738. The Labute approximate surface area is 141 Å². The third-order valence-electron chi connectivity index (χ3n) is 3.27. The molecule has 0 aliphatic heterocycles. The van der Waals surface area contributed by atoms with Crippen molar-refractivity contribution in [3.63, 3.8) is 0 Å². The topological polar surface area (TPSA) is 87.0 Å². The van der Waals surface area contributed by atoms with Crippen molar-refractivity contribution in [2.24, 2.45) is 0 Å². The van der Waals surface area contributed by atoms with E-state index in [0.29, 0.717) is 17.0 Å². The van der Waals surface area contributed by atoms with Crippen LogP contribution >= 0.6 is 0 Å². The molecule has 124 valence electrons. The predicted octanol–water partition coefficient (Wildman–Crippen LogP) is 3.62. The van der Waals surface area contributed by atoms with Crippen LogP contribution in [0.1, 0.15) is 37.9 Å². The highest BCUT2D eigenvalue weighted by Gasteiger charge is 2.13. The van der Waals surface area contributed by atoms with E-state index in [4.69, 9.17) is 10.00 Å². The summed E-state index contributed by atoms with van der Waals surface area (Å²) in [6.45, 7) is 5.67. The molecule has 2 rings (SSSR count). The fraction of sp³-hybridized carbons (Fsp3) is 0.278. The van der Waals surface area contributed by atoms with Crippen molar-refractivity contribution < 1.29 is 9.53 Å². The van der Waals surface area contributed by atoms with Gasteiger partial charge in [-0.1, -0.05) is 0 Å². The van der Waals surface area contributed by atoms with Gasteiger partial charge in [-0.25, -0.2) is 4.79 Å². The fourth-order valence-electron chi connectivity index (χ4n) is 2.14. The van der Waals surface area contributed by atoms with E-state index in [1.165, 1.54) is 0 Å². The molecule has 0 bridgehead atoms. The van der Waals surface area contributed by atoms with Gasteiger partial charge in [-0.05, 0) is 56.7 Å². The number of carbonyl (C=O) groups excluding carboxylic acids is 1. The Kier molecular flexibility index (Phi) is 5.74. The molecule has 1 atom stereocenters. The largest absolute Gasteiger partial charge is 0.489 e. The van der Waals surface area contributed by atoms with E-state index in [1.54, 1.807) is 30.6 Å². The van der Waals surface area contributed by atoms with Gasteiger partial charge in [0.05, 0.1) is 29.5 Å². The zero-order valence-corrected chi connectivity index (χ0v) is 13.9. The first-order valence-corrected chi connectivity index (χ1v) is 7.68. The molecular formula is C18H20N4O2. The number of nitrogens with zero attached hydrogens (tertiary/aromatic N) is 2. The van der Waals surface area contributed by atoms with E-state index < -0.39 is 0 Å². The van der Waals surface area contributed by atoms with Crippen LogP contribution in [0.25, 0.3) is 0 Å². The van der Waals surface area contributed by atoms with E-state index in [2.05, 4.69) is 21.7 Å². The van der Waals surface area contributed by atoms with E-state index >= 15 is 0 Å². The van der Waals surface area contributed by atoms with Crippen molar-refractivity contribution >= 4 is 11.7 Å². The van der Waals surface area contributed by atoms with Gasteiger partial charge in [-0.3, -0.25) is 4.98 Å². The van der Waals surface area contributed by atoms with Crippen LogP contribution in [-0.4, -0.2) is 17.1 Å². The van der Waals surface area contributed by atoms with Crippen molar-refractivity contribution in [3.05, 3.63) is 53.9 Å². The average molecular weight is 324 g/mol. The van der Waals surface area contributed by atoms with Gasteiger partial charge in [0.1, 0.15) is 5.75 Å². The molecule has 2 N–H and O–H groups in total. The summed E-state index contributed by atoms with van der Waals surface area (Å²) >= 11 is 0. The number of amides is 2. The molecule has 0 saturated heterocycles. The van der Waals surface area contributed by atoms with Crippen LogP contribution in [0.15, 0.2) is 42.7 Å². The molecule has 6 heteroatoms. The predicted molar refractivity (Wildman–Crippen MR) is 91.7 cm³/mol. The number of carbonyl (C=O) groups is 1. The van der Waals surface area contributed by atoms with Gasteiger partial charge in [0.25, 0.3) is 0 Å². The van der Waals surface area contributed by atoms with E-state index in [0.717, 1.165) is 5.56 Å². The SMILES string of the molecule is CC(C)Oc1ccc(C#N)cc1NC(=O)NC(C)c1ccncc1. The molecule has 0 spiro atoms. The second-order valence-corrected chi connectivity index (χ2v) is 5.59. The smallest absolute Gasteiger partial charge is 0.319 e. The number of rotatable bonds is 5. The summed E-state index contributed by atoms with van der Waals surface area (Å²) < 4.78 is 5.68. The Balaban J connectivity index is 2.11. The third-order valence-corrected chi connectivity index (χ3v) is 3.27. The monoisotopic (exact) mass is 324 g/mol. The zero-order chi connectivity index (χ0) is 17.5. The van der Waals surface area contributed by atoms with E-state index in [1.807, 2.05) is 32.9 Å². The number of anilines is 1. The lowest BCUT2D eigenvalue weighted by Crippen LogP contribution is -2.31. The standard InChI is InChI=1S/C18H20N4O2/c1-12(2)24-17-5-4-14(11-19)10-16(17)22-18(23)21-13(3)15-6-8-20-9-7-15/h4-10,12-13H,1-3H3,(H2,21,22,23). The lowest BCUT2D eigenvalue weighted by molar-refractivity contribution is 0.241. The van der Waals surface area contributed by atoms with Crippen LogP contribution in [0.3, 0.4) is 0 Å². The number of urea groups is 1. The Hall–Kier alpha value is -3.07. The molecule has 6 nitrogen and oxygen atoms in total. The van der Waals surface area contributed by atoms with Crippen LogP contribution < -0.4 is 15.4 Å². The molecule has 2 aromatic rings. The number of benzene rings is 1. The molecular weight excluding hydrogens is 304 g/mol. The number of hydrogen-bond donors (Lipinski definition) is 2. The van der Waals surface area contributed by atoms with Gasteiger partial charge < -0.3 is 15.4 Å². The minimum atomic E-state index is -0.372. The van der Waals surface area contributed by atoms with E-state index in [9.17, 15) is 4.79 Å². The minimum Gasteiger partial charge on any atom is -0.489 e. The minimum absolute atomic E-state index is 0.0442. The Morgan fingerprint density at radius 2 is 1.92 bits per heavy atom. The highest BCUT2D eigenvalue weighted by molar-refractivity contribution is 5.91. The summed E-state index contributed by atoms with van der Waals surface area (Å²) in [5.74, 6) is 0.524. The first kappa shape index (κ1) is 17.3. The lowest BCUT2D eigenvalue weighted by atomic mass is 10.1. The third kappa shape index (κ3) is 4.71. The van der Waals surface area contributed by atoms with Crippen molar-refractivity contribution in [1.29, 1.82) is 5.26 Å². The summed E-state index contributed by atoms with van der Waals surface area (Å²) in [5.41, 5.74) is 1.86. The molecule has 1 aromatic heterocycles. The van der Waals surface area contributed by atoms with Crippen molar-refractivity contribution in [2.45, 2.75) is 32.9 Å². The molecule has 0 aliphatic carbocycles. The van der Waals surface area contributed by atoms with Crippen molar-refractivity contribution in [3.8, 4) is 11.8 Å². The summed E-state index contributed by atoms with van der Waals surface area (Å²) in [6.07, 6.45) is 3.31. The second kappa shape index (κ2) is 7.97. The normalized spacial score (nSPS) is 11.5. The molecule has 0 fully saturated rings. The summed E-state index contributed by atoms with van der Waals surface area (Å²) in [7, 11) is 0. The first-order chi connectivity index (χ1) is 11.5. The average Bonchev–Trinajstić information content (AvgIpc) is 2.56. The van der Waals surface area contributed by atoms with Gasteiger partial charge in [-0.15, -0.1) is 0 Å². The number of nitriles is 1. The van der Waals surface area contributed by atoms with Crippen LogP contribution in [0.4, 0.5) is 10.5 Å². The molecule has 0 aliphatic rings.